The Kier molecular flexibility index (Phi) is 5.59. The van der Waals surface area contributed by atoms with Crippen LogP contribution in [0.2, 0.25) is 0 Å². The zero-order valence-corrected chi connectivity index (χ0v) is 13.6. The number of hydrogen-bond acceptors (Lipinski definition) is 5. The third-order valence-electron chi connectivity index (χ3n) is 3.60. The fraction of sp³-hybridized carbons (Fsp3) is 0.846. The van der Waals surface area contributed by atoms with Crippen molar-refractivity contribution in [2.24, 2.45) is 5.73 Å². The van der Waals surface area contributed by atoms with Crippen LogP contribution >= 0.6 is 23.5 Å². The van der Waals surface area contributed by atoms with E-state index in [-0.39, 0.29) is 6.04 Å². The molecule has 1 saturated heterocycles. The molecule has 1 fully saturated rings. The molecule has 0 radical (unpaired) electrons. The monoisotopic (exact) mass is 300 g/mol. The van der Waals surface area contributed by atoms with Gasteiger partial charge in [0.1, 0.15) is 12.2 Å². The van der Waals surface area contributed by atoms with Crippen LogP contribution in [0.1, 0.15) is 33.0 Å². The minimum absolute atomic E-state index is 0.173. The van der Waals surface area contributed by atoms with E-state index in [1.165, 1.54) is 0 Å². The third kappa shape index (κ3) is 3.89. The summed E-state index contributed by atoms with van der Waals surface area (Å²) in [5.74, 6) is 2.19. The highest BCUT2D eigenvalue weighted by Gasteiger charge is 2.30. The van der Waals surface area contributed by atoms with Crippen LogP contribution in [0.5, 0.6) is 0 Å². The lowest BCUT2D eigenvalue weighted by molar-refractivity contribution is 0.539. The number of rotatable bonds is 5. The fourth-order valence-corrected chi connectivity index (χ4v) is 5.28. The third-order valence-corrected chi connectivity index (χ3v) is 7.17. The number of thioether (sulfide) groups is 2. The number of nitrogens with two attached hydrogens (primary N) is 1. The molecule has 0 amide bonds. The average molecular weight is 300 g/mol. The summed E-state index contributed by atoms with van der Waals surface area (Å²) in [6.45, 7) is 7.70. The maximum Gasteiger partial charge on any atom is 0.138 e. The standard InChI is InChI=1S/C13H24N4S2/c1-4-5-17-13(15-8-16-17)6-11(14)12-7-18-9(2)10(3)19-12/h8-12H,4-7,14H2,1-3H3. The summed E-state index contributed by atoms with van der Waals surface area (Å²) in [5, 5.41) is 6.22. The van der Waals surface area contributed by atoms with Crippen molar-refractivity contribution in [1.29, 1.82) is 0 Å². The SMILES string of the molecule is CCCn1ncnc1CC(N)C1CSC(C)C(C)S1. The van der Waals surface area contributed by atoms with Gasteiger partial charge in [-0.15, -0.1) is 0 Å². The minimum atomic E-state index is 0.173. The van der Waals surface area contributed by atoms with Crippen LogP contribution in [-0.2, 0) is 13.0 Å². The van der Waals surface area contributed by atoms with Gasteiger partial charge in [-0.2, -0.15) is 28.6 Å². The van der Waals surface area contributed by atoms with Crippen molar-refractivity contribution in [3.05, 3.63) is 12.2 Å². The van der Waals surface area contributed by atoms with Crippen LogP contribution in [0.15, 0.2) is 6.33 Å². The first-order valence-corrected chi connectivity index (χ1v) is 9.00. The van der Waals surface area contributed by atoms with Gasteiger partial charge >= 0.3 is 0 Å². The highest BCUT2D eigenvalue weighted by molar-refractivity contribution is 8.07. The topological polar surface area (TPSA) is 56.7 Å². The van der Waals surface area contributed by atoms with Gasteiger partial charge in [-0.25, -0.2) is 4.98 Å². The van der Waals surface area contributed by atoms with Crippen LogP contribution in [-0.4, -0.2) is 42.3 Å². The van der Waals surface area contributed by atoms with Crippen LogP contribution in [0, 0.1) is 0 Å². The molecule has 2 rings (SSSR count). The van der Waals surface area contributed by atoms with Crippen LogP contribution in [0.4, 0.5) is 0 Å². The van der Waals surface area contributed by atoms with Gasteiger partial charge in [-0.05, 0) is 6.42 Å². The van der Waals surface area contributed by atoms with E-state index in [0.717, 1.165) is 36.2 Å². The zero-order valence-electron chi connectivity index (χ0n) is 12.0. The van der Waals surface area contributed by atoms with E-state index in [4.69, 9.17) is 5.73 Å². The van der Waals surface area contributed by atoms with Crippen molar-refractivity contribution in [2.75, 3.05) is 5.75 Å². The van der Waals surface area contributed by atoms with Gasteiger partial charge in [0.15, 0.2) is 0 Å². The summed E-state index contributed by atoms with van der Waals surface area (Å²) in [7, 11) is 0. The summed E-state index contributed by atoms with van der Waals surface area (Å²) in [6, 6.07) is 0.173. The molecule has 0 spiro atoms. The van der Waals surface area contributed by atoms with Gasteiger partial charge in [0.05, 0.1) is 0 Å². The Balaban J connectivity index is 1.93. The first kappa shape index (κ1) is 15.2. The summed E-state index contributed by atoms with van der Waals surface area (Å²) < 4.78 is 1.99. The van der Waals surface area contributed by atoms with Crippen LogP contribution in [0.3, 0.4) is 0 Å². The summed E-state index contributed by atoms with van der Waals surface area (Å²) in [6.07, 6.45) is 3.55. The Morgan fingerprint density at radius 1 is 1.47 bits per heavy atom. The number of aromatic nitrogens is 3. The van der Waals surface area contributed by atoms with E-state index in [2.05, 4.69) is 30.9 Å². The van der Waals surface area contributed by atoms with Crippen molar-refractivity contribution in [2.45, 2.75) is 61.9 Å². The predicted octanol–water partition coefficient (Wildman–Crippen LogP) is 2.18. The Morgan fingerprint density at radius 3 is 2.95 bits per heavy atom. The van der Waals surface area contributed by atoms with Gasteiger partial charge < -0.3 is 5.73 Å². The largest absolute Gasteiger partial charge is 0.326 e. The van der Waals surface area contributed by atoms with E-state index in [1.807, 2.05) is 28.2 Å². The van der Waals surface area contributed by atoms with Gasteiger partial charge in [0, 0.05) is 40.5 Å². The quantitative estimate of drug-likeness (QED) is 0.903. The number of nitrogens with zero attached hydrogens (tertiary/aromatic N) is 3. The molecule has 108 valence electrons. The molecule has 0 aliphatic carbocycles. The molecule has 19 heavy (non-hydrogen) atoms. The van der Waals surface area contributed by atoms with Crippen molar-refractivity contribution in [1.82, 2.24) is 14.8 Å². The van der Waals surface area contributed by atoms with Gasteiger partial charge in [0.25, 0.3) is 0 Å². The second-order valence-electron chi connectivity index (χ2n) is 5.19. The number of aryl methyl sites for hydroxylation is 1. The maximum absolute atomic E-state index is 6.40. The Labute approximate surface area is 124 Å². The summed E-state index contributed by atoms with van der Waals surface area (Å²) >= 11 is 4.09. The first-order chi connectivity index (χ1) is 9.11. The molecule has 0 aromatic carbocycles. The molecule has 4 unspecified atom stereocenters. The van der Waals surface area contributed by atoms with Crippen molar-refractivity contribution in [3.8, 4) is 0 Å². The molecule has 4 nitrogen and oxygen atoms in total. The molecule has 0 saturated carbocycles. The molecule has 2 heterocycles. The molecular weight excluding hydrogens is 276 g/mol. The minimum Gasteiger partial charge on any atom is -0.326 e. The Bertz CT molecular complexity index is 396. The first-order valence-electron chi connectivity index (χ1n) is 7.01. The van der Waals surface area contributed by atoms with Crippen molar-refractivity contribution >= 4 is 23.5 Å². The van der Waals surface area contributed by atoms with Crippen molar-refractivity contribution < 1.29 is 0 Å². The van der Waals surface area contributed by atoms with E-state index < -0.39 is 0 Å². The summed E-state index contributed by atoms with van der Waals surface area (Å²) in [5.41, 5.74) is 6.40. The molecule has 2 N–H and O–H groups in total. The van der Waals surface area contributed by atoms with E-state index >= 15 is 0 Å². The lowest BCUT2D eigenvalue weighted by Gasteiger charge is -2.34. The zero-order chi connectivity index (χ0) is 13.8. The smallest absolute Gasteiger partial charge is 0.138 e. The van der Waals surface area contributed by atoms with Gasteiger partial charge in [-0.1, -0.05) is 20.8 Å². The van der Waals surface area contributed by atoms with Crippen molar-refractivity contribution in [3.63, 3.8) is 0 Å². The molecule has 4 atom stereocenters. The molecule has 1 aliphatic heterocycles. The Hall–Kier alpha value is -0.200. The van der Waals surface area contributed by atoms with E-state index in [0.29, 0.717) is 10.5 Å². The molecule has 1 aromatic rings. The highest BCUT2D eigenvalue weighted by atomic mass is 32.2. The molecule has 1 aromatic heterocycles. The second-order valence-corrected chi connectivity index (χ2v) is 8.22. The normalized spacial score (nSPS) is 29.4. The van der Waals surface area contributed by atoms with E-state index in [1.54, 1.807) is 6.33 Å². The molecule has 6 heteroatoms. The molecule has 1 aliphatic rings. The molecule has 0 bridgehead atoms. The second kappa shape index (κ2) is 6.99. The fourth-order valence-electron chi connectivity index (χ4n) is 2.22. The molecular formula is C13H24N4S2. The average Bonchev–Trinajstić information content (AvgIpc) is 2.80. The summed E-state index contributed by atoms with van der Waals surface area (Å²) in [4.78, 5) is 4.36. The van der Waals surface area contributed by atoms with Crippen LogP contribution < -0.4 is 5.73 Å². The van der Waals surface area contributed by atoms with Gasteiger partial charge in [0.2, 0.25) is 0 Å². The Morgan fingerprint density at radius 2 is 2.26 bits per heavy atom. The lowest BCUT2D eigenvalue weighted by Crippen LogP contribution is -2.41. The van der Waals surface area contributed by atoms with E-state index in [9.17, 15) is 0 Å². The maximum atomic E-state index is 6.40. The van der Waals surface area contributed by atoms with Gasteiger partial charge in [-0.3, -0.25) is 4.68 Å². The predicted molar refractivity (Wildman–Crippen MR) is 84.8 cm³/mol. The highest BCUT2D eigenvalue weighted by Crippen LogP contribution is 2.37. The number of hydrogen-bond donors (Lipinski definition) is 1. The van der Waals surface area contributed by atoms with Crippen LogP contribution in [0.25, 0.3) is 0 Å². The lowest BCUT2D eigenvalue weighted by atomic mass is 10.1.